The van der Waals surface area contributed by atoms with Gasteiger partial charge >= 0.3 is 0 Å². The number of benzene rings is 1. The monoisotopic (exact) mass is 227 g/mol. The second kappa shape index (κ2) is 5.12. The molecule has 0 unspecified atom stereocenters. The van der Waals surface area contributed by atoms with Crippen molar-refractivity contribution in [2.24, 2.45) is 0 Å². The lowest BCUT2D eigenvalue weighted by Crippen LogP contribution is -2.23. The quantitative estimate of drug-likeness (QED) is 0.809. The van der Waals surface area contributed by atoms with Gasteiger partial charge in [-0.05, 0) is 24.3 Å². The second-order valence-corrected chi connectivity index (χ2v) is 3.50. The van der Waals surface area contributed by atoms with Crippen LogP contribution in [0, 0.1) is 0 Å². The zero-order valence-electron chi connectivity index (χ0n) is 9.34. The third kappa shape index (κ3) is 2.60. The molecule has 1 amide bonds. The van der Waals surface area contributed by atoms with Crippen molar-refractivity contribution in [2.75, 3.05) is 6.54 Å². The van der Waals surface area contributed by atoms with Crippen LogP contribution in [0.1, 0.15) is 10.4 Å². The van der Waals surface area contributed by atoms with Crippen molar-refractivity contribution in [1.82, 2.24) is 15.1 Å². The molecule has 0 bridgehead atoms. The van der Waals surface area contributed by atoms with Crippen LogP contribution in [-0.4, -0.2) is 22.2 Å². The molecule has 86 valence electrons. The van der Waals surface area contributed by atoms with Crippen molar-refractivity contribution >= 4 is 5.91 Å². The van der Waals surface area contributed by atoms with Crippen LogP contribution in [0.5, 0.6) is 0 Å². The number of hydrogen-bond acceptors (Lipinski definition) is 2. The van der Waals surface area contributed by atoms with Crippen molar-refractivity contribution in [3.8, 4) is 5.69 Å². The number of carbonyl (C=O) groups excluding carboxylic acids is 1. The molecule has 4 heteroatoms. The normalized spacial score (nSPS) is 9.88. The van der Waals surface area contributed by atoms with Gasteiger partial charge in [0, 0.05) is 24.5 Å². The molecule has 17 heavy (non-hydrogen) atoms. The summed E-state index contributed by atoms with van der Waals surface area (Å²) in [6, 6.07) is 9.14. The van der Waals surface area contributed by atoms with Crippen molar-refractivity contribution in [2.45, 2.75) is 0 Å². The fourth-order valence-corrected chi connectivity index (χ4v) is 1.48. The lowest BCUT2D eigenvalue weighted by Gasteiger charge is -2.05. The molecule has 2 aromatic rings. The van der Waals surface area contributed by atoms with E-state index < -0.39 is 0 Å². The maximum atomic E-state index is 11.7. The van der Waals surface area contributed by atoms with Crippen LogP contribution in [0.4, 0.5) is 0 Å². The Morgan fingerprint density at radius 2 is 2.35 bits per heavy atom. The van der Waals surface area contributed by atoms with Crippen LogP contribution in [0.2, 0.25) is 0 Å². The predicted octanol–water partition coefficient (Wildman–Crippen LogP) is 1.79. The second-order valence-electron chi connectivity index (χ2n) is 3.50. The summed E-state index contributed by atoms with van der Waals surface area (Å²) < 4.78 is 1.71. The van der Waals surface area contributed by atoms with E-state index >= 15 is 0 Å². The van der Waals surface area contributed by atoms with E-state index in [-0.39, 0.29) is 5.91 Å². The molecular weight excluding hydrogens is 214 g/mol. The molecule has 1 heterocycles. The minimum atomic E-state index is -0.112. The zero-order valence-corrected chi connectivity index (χ0v) is 9.34. The highest BCUT2D eigenvalue weighted by molar-refractivity contribution is 5.94. The summed E-state index contributed by atoms with van der Waals surface area (Å²) in [4.78, 5) is 11.7. The molecule has 0 aliphatic carbocycles. The van der Waals surface area contributed by atoms with E-state index in [9.17, 15) is 4.79 Å². The molecule has 0 spiro atoms. The van der Waals surface area contributed by atoms with Crippen molar-refractivity contribution in [3.05, 3.63) is 60.9 Å². The SMILES string of the molecule is C=CCNC(=O)c1cccc(-n2cccn2)c1. The van der Waals surface area contributed by atoms with Crippen LogP contribution >= 0.6 is 0 Å². The Hall–Kier alpha value is -2.36. The number of hydrogen-bond donors (Lipinski definition) is 1. The number of carbonyl (C=O) groups is 1. The third-order valence-electron chi connectivity index (χ3n) is 2.28. The maximum absolute atomic E-state index is 11.7. The first kappa shape index (κ1) is 11.1. The maximum Gasteiger partial charge on any atom is 0.251 e. The highest BCUT2D eigenvalue weighted by Crippen LogP contribution is 2.09. The van der Waals surface area contributed by atoms with Gasteiger partial charge in [0.2, 0.25) is 0 Å². The Morgan fingerprint density at radius 1 is 1.47 bits per heavy atom. The Labute approximate surface area is 99.6 Å². The molecule has 1 aromatic carbocycles. The molecule has 0 fully saturated rings. The zero-order chi connectivity index (χ0) is 12.1. The van der Waals surface area contributed by atoms with Gasteiger partial charge in [0.15, 0.2) is 0 Å². The Bertz CT molecular complexity index is 517. The van der Waals surface area contributed by atoms with Gasteiger partial charge in [0.1, 0.15) is 0 Å². The highest BCUT2D eigenvalue weighted by Gasteiger charge is 2.05. The van der Waals surface area contributed by atoms with Gasteiger partial charge in [-0.2, -0.15) is 5.10 Å². The molecule has 4 nitrogen and oxygen atoms in total. The first-order valence-electron chi connectivity index (χ1n) is 5.30. The fraction of sp³-hybridized carbons (Fsp3) is 0.0769. The van der Waals surface area contributed by atoms with Crippen molar-refractivity contribution in [3.63, 3.8) is 0 Å². The molecule has 0 aliphatic rings. The van der Waals surface area contributed by atoms with Crippen LogP contribution < -0.4 is 5.32 Å². The van der Waals surface area contributed by atoms with Gasteiger partial charge in [-0.3, -0.25) is 4.79 Å². The van der Waals surface area contributed by atoms with Crippen molar-refractivity contribution in [1.29, 1.82) is 0 Å². The van der Waals surface area contributed by atoms with Gasteiger partial charge in [-0.15, -0.1) is 6.58 Å². The number of amides is 1. The molecule has 1 aromatic heterocycles. The molecule has 0 atom stereocenters. The summed E-state index contributed by atoms with van der Waals surface area (Å²) in [5, 5.41) is 6.85. The van der Waals surface area contributed by atoms with Crippen LogP contribution in [-0.2, 0) is 0 Å². The van der Waals surface area contributed by atoms with Gasteiger partial charge in [0.25, 0.3) is 5.91 Å². The predicted molar refractivity (Wildman–Crippen MR) is 66.1 cm³/mol. The van der Waals surface area contributed by atoms with Gasteiger partial charge in [-0.1, -0.05) is 12.1 Å². The molecule has 2 rings (SSSR count). The topological polar surface area (TPSA) is 46.9 Å². The van der Waals surface area contributed by atoms with Gasteiger partial charge in [0.05, 0.1) is 5.69 Å². The summed E-state index contributed by atoms with van der Waals surface area (Å²) in [5.41, 5.74) is 1.47. The van der Waals surface area contributed by atoms with E-state index in [1.54, 1.807) is 29.1 Å². The molecule has 0 aliphatic heterocycles. The van der Waals surface area contributed by atoms with E-state index in [4.69, 9.17) is 0 Å². The van der Waals surface area contributed by atoms with E-state index in [1.165, 1.54) is 0 Å². The van der Waals surface area contributed by atoms with Crippen LogP contribution in [0.3, 0.4) is 0 Å². The van der Waals surface area contributed by atoms with Crippen molar-refractivity contribution < 1.29 is 4.79 Å². The minimum Gasteiger partial charge on any atom is -0.349 e. The molecule has 0 saturated carbocycles. The molecule has 0 saturated heterocycles. The van der Waals surface area contributed by atoms with Crippen LogP contribution in [0.15, 0.2) is 55.4 Å². The van der Waals surface area contributed by atoms with Crippen LogP contribution in [0.25, 0.3) is 5.69 Å². The third-order valence-corrected chi connectivity index (χ3v) is 2.28. The molecule has 0 radical (unpaired) electrons. The van der Waals surface area contributed by atoms with Gasteiger partial charge < -0.3 is 5.32 Å². The first-order chi connectivity index (χ1) is 8.31. The molecular formula is C13H13N3O. The molecule has 1 N–H and O–H groups in total. The highest BCUT2D eigenvalue weighted by atomic mass is 16.1. The average Bonchev–Trinajstić information content (AvgIpc) is 2.90. The Balaban J connectivity index is 2.22. The number of nitrogens with zero attached hydrogens (tertiary/aromatic N) is 2. The fourth-order valence-electron chi connectivity index (χ4n) is 1.48. The summed E-state index contributed by atoms with van der Waals surface area (Å²) >= 11 is 0. The van der Waals surface area contributed by atoms with E-state index in [0.29, 0.717) is 12.1 Å². The number of rotatable bonds is 4. The number of aromatic nitrogens is 2. The summed E-state index contributed by atoms with van der Waals surface area (Å²) in [6.45, 7) is 4.02. The van der Waals surface area contributed by atoms with E-state index in [1.807, 2.05) is 24.4 Å². The lowest BCUT2D eigenvalue weighted by molar-refractivity contribution is 0.0958. The summed E-state index contributed by atoms with van der Waals surface area (Å²) in [7, 11) is 0. The summed E-state index contributed by atoms with van der Waals surface area (Å²) in [5.74, 6) is -0.112. The standard InChI is InChI=1S/C13H13N3O/c1-2-7-14-13(17)11-5-3-6-12(10-11)16-9-4-8-15-16/h2-6,8-10H,1,7H2,(H,14,17). The number of nitrogens with one attached hydrogen (secondary N) is 1. The van der Waals surface area contributed by atoms with Gasteiger partial charge in [-0.25, -0.2) is 4.68 Å². The minimum absolute atomic E-state index is 0.112. The average molecular weight is 227 g/mol. The lowest BCUT2D eigenvalue weighted by atomic mass is 10.2. The Kier molecular flexibility index (Phi) is 3.35. The largest absolute Gasteiger partial charge is 0.349 e. The Morgan fingerprint density at radius 3 is 3.06 bits per heavy atom. The summed E-state index contributed by atoms with van der Waals surface area (Å²) in [6.07, 6.45) is 5.18. The smallest absolute Gasteiger partial charge is 0.251 e. The van der Waals surface area contributed by atoms with E-state index in [0.717, 1.165) is 5.69 Å². The first-order valence-corrected chi connectivity index (χ1v) is 5.30. The van der Waals surface area contributed by atoms with E-state index in [2.05, 4.69) is 17.0 Å².